The first-order valence-corrected chi connectivity index (χ1v) is 11.0. The fourth-order valence-corrected chi connectivity index (χ4v) is 5.01. The van der Waals surface area contributed by atoms with Crippen molar-refractivity contribution < 1.29 is 13.2 Å². The van der Waals surface area contributed by atoms with Crippen LogP contribution in [0.5, 0.6) is 0 Å². The van der Waals surface area contributed by atoms with Crippen LogP contribution in [0.4, 0.5) is 5.69 Å². The van der Waals surface area contributed by atoms with E-state index in [1.54, 1.807) is 24.3 Å². The molecule has 2 aromatic carbocycles. The number of hydrogen-bond acceptors (Lipinski definition) is 4. The lowest BCUT2D eigenvalue weighted by molar-refractivity contribution is 0.122. The first kappa shape index (κ1) is 19.4. The van der Waals surface area contributed by atoms with Crippen LogP contribution in [-0.2, 0) is 21.2 Å². The van der Waals surface area contributed by atoms with Gasteiger partial charge in [-0.25, -0.2) is 13.1 Å². The lowest BCUT2D eigenvalue weighted by Gasteiger charge is -2.28. The van der Waals surface area contributed by atoms with E-state index in [2.05, 4.69) is 49.8 Å². The van der Waals surface area contributed by atoms with Crippen LogP contribution in [0, 0.1) is 0 Å². The standard InChI is InChI=1S/C19H23BrN2O3S/c20-18-5-1-2-6-19(18)26(23,24)21-11-3-4-16-7-9-17(10-8-16)22-12-14-25-15-13-22/h1-2,5-10,21H,3-4,11-15H2. The number of hydrogen-bond donors (Lipinski definition) is 1. The van der Waals surface area contributed by atoms with Gasteiger partial charge in [-0.15, -0.1) is 0 Å². The van der Waals surface area contributed by atoms with E-state index in [1.807, 2.05) is 0 Å². The summed E-state index contributed by atoms with van der Waals surface area (Å²) in [5, 5.41) is 0. The Morgan fingerprint density at radius 1 is 1.04 bits per heavy atom. The van der Waals surface area contributed by atoms with Gasteiger partial charge in [-0.1, -0.05) is 24.3 Å². The van der Waals surface area contributed by atoms with Crippen molar-refractivity contribution in [3.8, 4) is 0 Å². The first-order chi connectivity index (χ1) is 12.6. The van der Waals surface area contributed by atoms with Crippen molar-refractivity contribution in [2.45, 2.75) is 17.7 Å². The van der Waals surface area contributed by atoms with Crippen molar-refractivity contribution in [1.29, 1.82) is 0 Å². The highest BCUT2D eigenvalue weighted by Gasteiger charge is 2.16. The molecule has 0 aliphatic carbocycles. The molecule has 0 aromatic heterocycles. The van der Waals surface area contributed by atoms with Gasteiger partial charge in [0.25, 0.3) is 0 Å². The highest BCUT2D eigenvalue weighted by atomic mass is 79.9. The van der Waals surface area contributed by atoms with Crippen molar-refractivity contribution in [2.75, 3.05) is 37.7 Å². The number of benzene rings is 2. The summed E-state index contributed by atoms with van der Waals surface area (Å²) in [6.07, 6.45) is 1.59. The van der Waals surface area contributed by atoms with Gasteiger partial charge >= 0.3 is 0 Å². The summed E-state index contributed by atoms with van der Waals surface area (Å²) in [5.74, 6) is 0. The van der Waals surface area contributed by atoms with E-state index in [0.29, 0.717) is 11.0 Å². The van der Waals surface area contributed by atoms with Crippen LogP contribution in [0.15, 0.2) is 57.9 Å². The molecule has 1 fully saturated rings. The molecule has 3 rings (SSSR count). The number of rotatable bonds is 7. The van der Waals surface area contributed by atoms with E-state index < -0.39 is 10.0 Å². The molecular formula is C19H23BrN2O3S. The molecule has 1 N–H and O–H groups in total. The summed E-state index contributed by atoms with van der Waals surface area (Å²) in [6, 6.07) is 15.3. The number of ether oxygens (including phenoxy) is 1. The summed E-state index contributed by atoms with van der Waals surface area (Å²) in [5.41, 5.74) is 2.42. The molecule has 0 amide bonds. The summed E-state index contributed by atoms with van der Waals surface area (Å²) >= 11 is 3.29. The number of aryl methyl sites for hydroxylation is 1. The second-order valence-electron chi connectivity index (χ2n) is 6.20. The van der Waals surface area contributed by atoms with Crippen LogP contribution in [0.3, 0.4) is 0 Å². The molecule has 1 saturated heterocycles. The first-order valence-electron chi connectivity index (χ1n) is 8.72. The number of nitrogens with zero attached hydrogens (tertiary/aromatic N) is 1. The molecule has 140 valence electrons. The zero-order valence-corrected chi connectivity index (χ0v) is 16.9. The third-order valence-electron chi connectivity index (χ3n) is 4.37. The maximum absolute atomic E-state index is 12.3. The minimum Gasteiger partial charge on any atom is -0.378 e. The van der Waals surface area contributed by atoms with Gasteiger partial charge in [0.05, 0.1) is 18.1 Å². The van der Waals surface area contributed by atoms with E-state index in [1.165, 1.54) is 11.3 Å². The van der Waals surface area contributed by atoms with E-state index in [9.17, 15) is 8.42 Å². The van der Waals surface area contributed by atoms with Crippen LogP contribution < -0.4 is 9.62 Å². The van der Waals surface area contributed by atoms with Crippen molar-refractivity contribution in [2.24, 2.45) is 0 Å². The molecular weight excluding hydrogens is 416 g/mol. The Morgan fingerprint density at radius 3 is 2.42 bits per heavy atom. The summed E-state index contributed by atoms with van der Waals surface area (Å²) in [4.78, 5) is 2.59. The van der Waals surface area contributed by atoms with Crippen molar-refractivity contribution in [3.05, 3.63) is 58.6 Å². The highest BCUT2D eigenvalue weighted by molar-refractivity contribution is 9.10. The Balaban J connectivity index is 1.48. The molecule has 2 aromatic rings. The van der Waals surface area contributed by atoms with E-state index in [-0.39, 0.29) is 4.90 Å². The molecule has 0 radical (unpaired) electrons. The number of morpholine rings is 1. The van der Waals surface area contributed by atoms with Crippen LogP contribution in [0.1, 0.15) is 12.0 Å². The van der Waals surface area contributed by atoms with Crippen molar-refractivity contribution in [1.82, 2.24) is 4.72 Å². The van der Waals surface area contributed by atoms with E-state index in [4.69, 9.17) is 4.74 Å². The Hall–Kier alpha value is -1.41. The van der Waals surface area contributed by atoms with Gasteiger partial charge in [0, 0.05) is 29.8 Å². The smallest absolute Gasteiger partial charge is 0.241 e. The maximum Gasteiger partial charge on any atom is 0.241 e. The number of anilines is 1. The van der Waals surface area contributed by atoms with Gasteiger partial charge in [0.15, 0.2) is 0 Å². The van der Waals surface area contributed by atoms with Crippen molar-refractivity contribution >= 4 is 31.6 Å². The van der Waals surface area contributed by atoms with Gasteiger partial charge in [-0.05, 0) is 58.6 Å². The predicted molar refractivity (Wildman–Crippen MR) is 107 cm³/mol. The Kier molecular flexibility index (Phi) is 6.69. The van der Waals surface area contributed by atoms with Crippen LogP contribution in [0.25, 0.3) is 0 Å². The van der Waals surface area contributed by atoms with Crippen LogP contribution >= 0.6 is 15.9 Å². The zero-order valence-electron chi connectivity index (χ0n) is 14.5. The minimum atomic E-state index is -3.48. The molecule has 0 spiro atoms. The molecule has 0 bridgehead atoms. The number of halogens is 1. The van der Waals surface area contributed by atoms with Crippen LogP contribution in [0.2, 0.25) is 0 Å². The SMILES string of the molecule is O=S(=O)(NCCCc1ccc(N2CCOCC2)cc1)c1ccccc1Br. The average molecular weight is 439 g/mol. The topological polar surface area (TPSA) is 58.6 Å². The average Bonchev–Trinajstić information content (AvgIpc) is 2.67. The van der Waals surface area contributed by atoms with Gasteiger partial charge < -0.3 is 9.64 Å². The van der Waals surface area contributed by atoms with Gasteiger partial charge in [0.2, 0.25) is 10.0 Å². The molecule has 1 aliphatic rings. The Labute approximate surface area is 163 Å². The van der Waals surface area contributed by atoms with Crippen molar-refractivity contribution in [3.63, 3.8) is 0 Å². The summed E-state index contributed by atoms with van der Waals surface area (Å²) < 4.78 is 33.3. The lowest BCUT2D eigenvalue weighted by atomic mass is 10.1. The molecule has 1 heterocycles. The number of nitrogens with one attached hydrogen (secondary N) is 1. The maximum atomic E-state index is 12.3. The molecule has 0 unspecified atom stereocenters. The largest absolute Gasteiger partial charge is 0.378 e. The molecule has 7 heteroatoms. The normalized spacial score (nSPS) is 15.2. The fraction of sp³-hybridized carbons (Fsp3) is 0.368. The second kappa shape index (κ2) is 8.99. The molecule has 5 nitrogen and oxygen atoms in total. The number of sulfonamides is 1. The molecule has 0 atom stereocenters. The summed E-state index contributed by atoms with van der Waals surface area (Å²) in [6.45, 7) is 3.82. The zero-order chi connectivity index (χ0) is 18.4. The Morgan fingerprint density at radius 2 is 1.73 bits per heavy atom. The second-order valence-corrected chi connectivity index (χ2v) is 8.79. The fourth-order valence-electron chi connectivity index (χ4n) is 2.93. The molecule has 1 aliphatic heterocycles. The third kappa shape index (κ3) is 5.07. The quantitative estimate of drug-likeness (QED) is 0.674. The van der Waals surface area contributed by atoms with Crippen LogP contribution in [-0.4, -0.2) is 41.3 Å². The highest BCUT2D eigenvalue weighted by Crippen LogP contribution is 2.21. The molecule has 0 saturated carbocycles. The lowest BCUT2D eigenvalue weighted by Crippen LogP contribution is -2.36. The predicted octanol–water partition coefficient (Wildman–Crippen LogP) is 3.20. The van der Waals surface area contributed by atoms with Gasteiger partial charge in [0.1, 0.15) is 0 Å². The Bertz CT molecular complexity index is 819. The van der Waals surface area contributed by atoms with Gasteiger partial charge in [-0.3, -0.25) is 0 Å². The van der Waals surface area contributed by atoms with E-state index >= 15 is 0 Å². The summed E-state index contributed by atoms with van der Waals surface area (Å²) in [7, 11) is -3.48. The minimum absolute atomic E-state index is 0.273. The monoisotopic (exact) mass is 438 g/mol. The van der Waals surface area contributed by atoms with E-state index in [0.717, 1.165) is 39.1 Å². The third-order valence-corrected chi connectivity index (χ3v) is 6.85. The van der Waals surface area contributed by atoms with Gasteiger partial charge in [-0.2, -0.15) is 0 Å². The molecule has 26 heavy (non-hydrogen) atoms.